The molecule has 0 saturated carbocycles. The van der Waals surface area contributed by atoms with E-state index in [2.05, 4.69) is 5.32 Å². The minimum Gasteiger partial charge on any atom is -0.484 e. The average Bonchev–Trinajstić information content (AvgIpc) is 2.66. The molecule has 3 N–H and O–H groups in total. The van der Waals surface area contributed by atoms with E-state index in [0.717, 1.165) is 4.90 Å². The van der Waals surface area contributed by atoms with Gasteiger partial charge in [0.15, 0.2) is 11.7 Å². The first-order chi connectivity index (χ1) is 13.3. The second-order valence-electron chi connectivity index (χ2n) is 5.76. The molecule has 0 radical (unpaired) electrons. The highest BCUT2D eigenvalue weighted by Crippen LogP contribution is 2.23. The zero-order chi connectivity index (χ0) is 20.3. The van der Waals surface area contributed by atoms with Crippen molar-refractivity contribution in [3.05, 3.63) is 65.5 Å². The van der Waals surface area contributed by atoms with Crippen molar-refractivity contribution in [1.29, 1.82) is 0 Å². The summed E-state index contributed by atoms with van der Waals surface area (Å²) in [6.45, 7) is -0.259. The van der Waals surface area contributed by atoms with E-state index in [-0.39, 0.29) is 17.3 Å². The summed E-state index contributed by atoms with van der Waals surface area (Å²) in [7, 11) is 0. The van der Waals surface area contributed by atoms with Crippen molar-refractivity contribution in [2.24, 2.45) is 5.73 Å². The Hall–Kier alpha value is -3.59. The van der Waals surface area contributed by atoms with Crippen LogP contribution in [0.5, 0.6) is 5.75 Å². The number of carbonyl (C=O) groups excluding carboxylic acids is 3. The number of nitrogens with zero attached hydrogens (tertiary/aromatic N) is 1. The Morgan fingerprint density at radius 3 is 2.39 bits per heavy atom. The van der Waals surface area contributed by atoms with Gasteiger partial charge in [0, 0.05) is 0 Å². The van der Waals surface area contributed by atoms with Crippen molar-refractivity contribution in [1.82, 2.24) is 5.32 Å². The van der Waals surface area contributed by atoms with Crippen molar-refractivity contribution >= 4 is 46.8 Å². The van der Waals surface area contributed by atoms with Crippen molar-refractivity contribution in [2.75, 3.05) is 11.5 Å². The fraction of sp³-hybridized carbons (Fsp3) is 0.0526. The van der Waals surface area contributed by atoms with Gasteiger partial charge < -0.3 is 10.5 Å². The molecular weight excluding hydrogens is 385 g/mol. The standard InChI is InChI=1S/C19H14FN3O4S/c20-12-3-5-13(6-4-12)23-18(26)15(17(25)22-19(23)28)9-11-1-7-14(8-2-11)27-10-16(21)24/h1-9H,10H2,(H2,21,24)(H,22,25,28)/b15-9-. The number of anilines is 1. The van der Waals surface area contributed by atoms with Crippen LogP contribution in [0.1, 0.15) is 5.56 Å². The molecule has 7 nitrogen and oxygen atoms in total. The van der Waals surface area contributed by atoms with Gasteiger partial charge in [-0.3, -0.25) is 24.6 Å². The molecule has 3 amide bonds. The molecule has 28 heavy (non-hydrogen) atoms. The van der Waals surface area contributed by atoms with Gasteiger partial charge in [0.1, 0.15) is 17.1 Å². The Bertz CT molecular complexity index is 987. The Morgan fingerprint density at radius 2 is 1.79 bits per heavy atom. The van der Waals surface area contributed by atoms with Gasteiger partial charge in [0.2, 0.25) is 0 Å². The van der Waals surface area contributed by atoms with E-state index < -0.39 is 23.5 Å². The van der Waals surface area contributed by atoms with Crippen LogP contribution in [0.15, 0.2) is 54.1 Å². The van der Waals surface area contributed by atoms with Crippen LogP contribution in [0.2, 0.25) is 0 Å². The van der Waals surface area contributed by atoms with Crippen LogP contribution in [0.4, 0.5) is 10.1 Å². The summed E-state index contributed by atoms with van der Waals surface area (Å²) < 4.78 is 18.3. The number of primary amides is 1. The van der Waals surface area contributed by atoms with Crippen LogP contribution in [0.25, 0.3) is 6.08 Å². The van der Waals surface area contributed by atoms with Crippen LogP contribution in [0, 0.1) is 5.82 Å². The van der Waals surface area contributed by atoms with Gasteiger partial charge in [-0.05, 0) is 60.3 Å². The first kappa shape index (κ1) is 19.2. The smallest absolute Gasteiger partial charge is 0.270 e. The number of halogens is 1. The molecule has 1 aliphatic rings. The SMILES string of the molecule is NC(=O)COc1ccc(/C=C2/C(=O)NC(=S)N(c3ccc(F)cc3)C2=O)cc1. The minimum absolute atomic E-state index is 0.0889. The molecule has 9 heteroatoms. The fourth-order valence-electron chi connectivity index (χ4n) is 2.46. The van der Waals surface area contributed by atoms with Crippen molar-refractivity contribution in [2.45, 2.75) is 0 Å². The molecule has 0 aliphatic carbocycles. The summed E-state index contributed by atoms with van der Waals surface area (Å²) in [4.78, 5) is 36.9. The van der Waals surface area contributed by atoms with Gasteiger partial charge in [-0.1, -0.05) is 12.1 Å². The second-order valence-corrected chi connectivity index (χ2v) is 6.14. The number of benzene rings is 2. The zero-order valence-electron chi connectivity index (χ0n) is 14.3. The predicted octanol–water partition coefficient (Wildman–Crippen LogP) is 1.52. The van der Waals surface area contributed by atoms with Gasteiger partial charge in [-0.15, -0.1) is 0 Å². The predicted molar refractivity (Wildman–Crippen MR) is 104 cm³/mol. The lowest BCUT2D eigenvalue weighted by Gasteiger charge is -2.28. The van der Waals surface area contributed by atoms with Crippen LogP contribution in [0.3, 0.4) is 0 Å². The average molecular weight is 399 g/mol. The summed E-state index contributed by atoms with van der Waals surface area (Å²) in [6.07, 6.45) is 1.40. The molecule has 0 spiro atoms. The Labute approximate surface area is 164 Å². The normalized spacial score (nSPS) is 15.5. The largest absolute Gasteiger partial charge is 0.484 e. The molecule has 3 rings (SSSR count). The number of ether oxygens (including phenoxy) is 1. The topological polar surface area (TPSA) is 102 Å². The van der Waals surface area contributed by atoms with E-state index in [1.165, 1.54) is 30.3 Å². The molecule has 1 fully saturated rings. The first-order valence-corrected chi connectivity index (χ1v) is 8.44. The zero-order valence-corrected chi connectivity index (χ0v) is 15.2. The van der Waals surface area contributed by atoms with Crippen molar-refractivity contribution in [3.8, 4) is 5.75 Å². The van der Waals surface area contributed by atoms with Crippen molar-refractivity contribution < 1.29 is 23.5 Å². The molecule has 2 aromatic rings. The quantitative estimate of drug-likeness (QED) is 0.451. The van der Waals surface area contributed by atoms with E-state index >= 15 is 0 Å². The van der Waals surface area contributed by atoms with Crippen molar-refractivity contribution in [3.63, 3.8) is 0 Å². The summed E-state index contributed by atoms with van der Waals surface area (Å²) in [5.74, 6) is -1.92. The third kappa shape index (κ3) is 4.21. The molecule has 0 unspecified atom stereocenters. The summed E-state index contributed by atoms with van der Waals surface area (Å²) >= 11 is 5.08. The summed E-state index contributed by atoms with van der Waals surface area (Å²) in [5, 5.41) is 2.36. The molecule has 0 bridgehead atoms. The molecule has 0 aromatic heterocycles. The lowest BCUT2D eigenvalue weighted by molar-refractivity contribution is -0.122. The number of nitrogens with one attached hydrogen (secondary N) is 1. The molecular formula is C19H14FN3O4S. The Kier molecular flexibility index (Phi) is 5.46. The third-order valence-electron chi connectivity index (χ3n) is 3.76. The van der Waals surface area contributed by atoms with Gasteiger partial charge in [0.05, 0.1) is 5.69 Å². The monoisotopic (exact) mass is 399 g/mol. The summed E-state index contributed by atoms with van der Waals surface area (Å²) in [5.41, 5.74) is 5.76. The van der Waals surface area contributed by atoms with E-state index in [4.69, 9.17) is 22.7 Å². The highest BCUT2D eigenvalue weighted by molar-refractivity contribution is 7.80. The minimum atomic E-state index is -0.637. The number of carbonyl (C=O) groups is 3. The van der Waals surface area contributed by atoms with Crippen LogP contribution < -0.4 is 20.7 Å². The maximum Gasteiger partial charge on any atom is 0.270 e. The maximum absolute atomic E-state index is 13.2. The Balaban J connectivity index is 1.86. The van der Waals surface area contributed by atoms with Gasteiger partial charge >= 0.3 is 0 Å². The van der Waals surface area contributed by atoms with Gasteiger partial charge in [-0.25, -0.2) is 4.39 Å². The Morgan fingerprint density at radius 1 is 1.14 bits per heavy atom. The van der Waals surface area contributed by atoms with Gasteiger partial charge in [0.25, 0.3) is 17.7 Å². The van der Waals surface area contributed by atoms with E-state index in [0.29, 0.717) is 17.0 Å². The number of thiocarbonyl (C=S) groups is 1. The van der Waals surface area contributed by atoms with Crippen LogP contribution in [-0.2, 0) is 14.4 Å². The molecule has 0 atom stereocenters. The van der Waals surface area contributed by atoms with Crippen LogP contribution in [-0.4, -0.2) is 29.4 Å². The maximum atomic E-state index is 13.2. The molecule has 1 saturated heterocycles. The first-order valence-electron chi connectivity index (χ1n) is 8.03. The highest BCUT2D eigenvalue weighted by atomic mass is 32.1. The number of hydrogen-bond donors (Lipinski definition) is 2. The number of hydrogen-bond acceptors (Lipinski definition) is 5. The second kappa shape index (κ2) is 7.97. The third-order valence-corrected chi connectivity index (χ3v) is 4.04. The lowest BCUT2D eigenvalue weighted by Crippen LogP contribution is -2.54. The fourth-order valence-corrected chi connectivity index (χ4v) is 2.74. The lowest BCUT2D eigenvalue weighted by atomic mass is 10.1. The number of amides is 3. The molecule has 142 valence electrons. The van der Waals surface area contributed by atoms with E-state index in [1.807, 2.05) is 0 Å². The van der Waals surface area contributed by atoms with E-state index in [1.54, 1.807) is 24.3 Å². The van der Waals surface area contributed by atoms with Gasteiger partial charge in [-0.2, -0.15) is 0 Å². The molecule has 1 heterocycles. The summed E-state index contributed by atoms with van der Waals surface area (Å²) in [6, 6.07) is 11.5. The molecule has 1 aliphatic heterocycles. The van der Waals surface area contributed by atoms with E-state index in [9.17, 15) is 18.8 Å². The molecule has 2 aromatic carbocycles. The number of nitrogens with two attached hydrogens (primary N) is 1. The van der Waals surface area contributed by atoms with Crippen LogP contribution >= 0.6 is 12.2 Å². The number of rotatable bonds is 5. The highest BCUT2D eigenvalue weighted by Gasteiger charge is 2.34.